The Labute approximate surface area is 173 Å². The fraction of sp³-hybridized carbons (Fsp3) is 0.208. The topological polar surface area (TPSA) is 62.5 Å². The molecule has 0 aliphatic rings. The monoisotopic (exact) mass is 405 g/mol. The molecule has 0 fully saturated rings. The highest BCUT2D eigenvalue weighted by Crippen LogP contribution is 2.29. The number of nitrogens with one attached hydrogen (secondary N) is 1. The summed E-state index contributed by atoms with van der Waals surface area (Å²) in [6.45, 7) is 4.57. The van der Waals surface area contributed by atoms with Crippen molar-refractivity contribution in [1.29, 1.82) is 0 Å². The Kier molecular flexibility index (Phi) is 5.51. The summed E-state index contributed by atoms with van der Waals surface area (Å²) in [6.07, 6.45) is 0.703. The molecule has 0 bridgehead atoms. The molecule has 29 heavy (non-hydrogen) atoms. The van der Waals surface area contributed by atoms with E-state index < -0.39 is 5.63 Å². The maximum absolute atomic E-state index is 12.1. The lowest BCUT2D eigenvalue weighted by Gasteiger charge is -2.19. The molecule has 5 heteroatoms. The molecule has 0 saturated heterocycles. The van der Waals surface area contributed by atoms with Crippen LogP contribution < -0.4 is 10.9 Å². The van der Waals surface area contributed by atoms with E-state index in [0.717, 1.165) is 16.5 Å². The van der Waals surface area contributed by atoms with Gasteiger partial charge in [-0.3, -0.25) is 0 Å². The zero-order valence-electron chi connectivity index (χ0n) is 16.4. The van der Waals surface area contributed by atoms with Crippen LogP contribution in [0.2, 0.25) is 0 Å². The summed E-state index contributed by atoms with van der Waals surface area (Å²) in [6, 6.07) is 17.7. The summed E-state index contributed by atoms with van der Waals surface area (Å²) in [4.78, 5) is 13.3. The molecule has 0 unspecified atom stereocenters. The molecule has 0 amide bonds. The van der Waals surface area contributed by atoms with E-state index in [0.29, 0.717) is 18.5 Å². The Hall–Kier alpha value is -2.89. The summed E-state index contributed by atoms with van der Waals surface area (Å²) in [5.74, 6) is 0.157. The molecule has 2 aromatic heterocycles. The first kappa shape index (κ1) is 19.4. The van der Waals surface area contributed by atoms with E-state index in [4.69, 9.17) is 4.42 Å². The molecule has 1 atom stereocenters. The van der Waals surface area contributed by atoms with Gasteiger partial charge in [-0.25, -0.2) is 4.79 Å². The summed E-state index contributed by atoms with van der Waals surface area (Å²) < 4.78 is 5.32. The van der Waals surface area contributed by atoms with Gasteiger partial charge in [-0.1, -0.05) is 42.8 Å². The third-order valence-electron chi connectivity index (χ3n) is 5.15. The highest BCUT2D eigenvalue weighted by atomic mass is 32.1. The number of hydrogen-bond acceptors (Lipinski definition) is 5. The standard InChI is InChI=1S/C24H23NO3S/c1-3-16-11-19-18(12-23(27)28-21(19)13-20(16)26)14-25-24(22-5-4-10-29-22)17-8-6-15(2)7-9-17/h4-13,24-26H,3,14H2,1-2H3/t24-/m0/s1. The van der Waals surface area contributed by atoms with Gasteiger partial charge in [0.2, 0.25) is 0 Å². The molecule has 2 heterocycles. The SMILES string of the molecule is CCc1cc2c(CN[C@@H](c3ccc(C)cc3)c3cccs3)cc(=O)oc2cc1O. The van der Waals surface area contributed by atoms with E-state index in [1.165, 1.54) is 28.1 Å². The van der Waals surface area contributed by atoms with Gasteiger partial charge in [0.25, 0.3) is 0 Å². The average molecular weight is 406 g/mol. The van der Waals surface area contributed by atoms with Crippen molar-refractivity contribution in [2.45, 2.75) is 32.9 Å². The van der Waals surface area contributed by atoms with Crippen molar-refractivity contribution in [2.75, 3.05) is 0 Å². The quantitative estimate of drug-likeness (QED) is 0.427. The van der Waals surface area contributed by atoms with Gasteiger partial charge >= 0.3 is 5.63 Å². The second-order valence-electron chi connectivity index (χ2n) is 7.16. The van der Waals surface area contributed by atoms with Gasteiger partial charge in [0.15, 0.2) is 0 Å². The first-order valence-corrected chi connectivity index (χ1v) is 10.5. The van der Waals surface area contributed by atoms with Crippen LogP contribution in [0.15, 0.2) is 69.2 Å². The minimum absolute atomic E-state index is 0.0284. The van der Waals surface area contributed by atoms with Crippen molar-refractivity contribution in [3.8, 4) is 5.75 Å². The fourth-order valence-corrected chi connectivity index (χ4v) is 4.37. The van der Waals surface area contributed by atoms with Gasteiger partial charge in [-0.2, -0.15) is 0 Å². The van der Waals surface area contributed by atoms with Crippen molar-refractivity contribution in [2.24, 2.45) is 0 Å². The van der Waals surface area contributed by atoms with Gasteiger partial charge in [0, 0.05) is 28.9 Å². The normalized spacial score (nSPS) is 12.3. The predicted octanol–water partition coefficient (Wildman–Crippen LogP) is 5.31. The summed E-state index contributed by atoms with van der Waals surface area (Å²) >= 11 is 1.70. The number of rotatable bonds is 6. The van der Waals surface area contributed by atoms with Crippen molar-refractivity contribution < 1.29 is 9.52 Å². The minimum atomic E-state index is -0.416. The van der Waals surface area contributed by atoms with Gasteiger partial charge in [-0.05, 0) is 47.5 Å². The highest BCUT2D eigenvalue weighted by Gasteiger charge is 2.16. The molecule has 0 saturated carbocycles. The Morgan fingerprint density at radius 2 is 1.90 bits per heavy atom. The van der Waals surface area contributed by atoms with Crippen molar-refractivity contribution in [3.05, 3.63) is 97.5 Å². The Bertz CT molecular complexity index is 1180. The molecule has 0 radical (unpaired) electrons. The van der Waals surface area contributed by atoms with Crippen molar-refractivity contribution in [3.63, 3.8) is 0 Å². The van der Waals surface area contributed by atoms with Gasteiger partial charge in [0.1, 0.15) is 11.3 Å². The number of phenolic OH excluding ortho intramolecular Hbond substituents is 1. The second-order valence-corrected chi connectivity index (χ2v) is 8.14. The summed E-state index contributed by atoms with van der Waals surface area (Å²) in [5, 5.41) is 16.7. The Balaban J connectivity index is 1.71. The smallest absolute Gasteiger partial charge is 0.336 e. The van der Waals surface area contributed by atoms with Crippen LogP contribution in [0.5, 0.6) is 5.75 Å². The van der Waals surface area contributed by atoms with E-state index in [1.54, 1.807) is 11.3 Å². The van der Waals surface area contributed by atoms with Crippen LogP contribution in [0.1, 0.15) is 40.1 Å². The van der Waals surface area contributed by atoms with E-state index in [9.17, 15) is 9.90 Å². The highest BCUT2D eigenvalue weighted by molar-refractivity contribution is 7.10. The van der Waals surface area contributed by atoms with Gasteiger partial charge in [-0.15, -0.1) is 11.3 Å². The lowest BCUT2D eigenvalue weighted by molar-refractivity contribution is 0.466. The van der Waals surface area contributed by atoms with Crippen LogP contribution in [-0.4, -0.2) is 5.11 Å². The van der Waals surface area contributed by atoms with Crippen LogP contribution in [0.4, 0.5) is 0 Å². The molecule has 148 valence electrons. The summed E-state index contributed by atoms with van der Waals surface area (Å²) in [5.41, 5.74) is 4.09. The number of phenols is 1. The number of aromatic hydroxyl groups is 1. The van der Waals surface area contributed by atoms with Gasteiger partial charge < -0.3 is 14.8 Å². The zero-order valence-corrected chi connectivity index (χ0v) is 17.3. The lowest BCUT2D eigenvalue weighted by Crippen LogP contribution is -2.22. The molecule has 0 spiro atoms. The Morgan fingerprint density at radius 3 is 2.59 bits per heavy atom. The third kappa shape index (κ3) is 4.11. The number of aryl methyl sites for hydroxylation is 2. The molecule has 4 aromatic rings. The van der Waals surface area contributed by atoms with Crippen LogP contribution in [0, 0.1) is 6.92 Å². The molecular formula is C24H23NO3S. The first-order chi connectivity index (χ1) is 14.0. The maximum Gasteiger partial charge on any atom is 0.336 e. The maximum atomic E-state index is 12.1. The number of thiophene rings is 1. The predicted molar refractivity (Wildman–Crippen MR) is 118 cm³/mol. The van der Waals surface area contributed by atoms with Gasteiger partial charge in [0.05, 0.1) is 6.04 Å². The zero-order chi connectivity index (χ0) is 20.4. The minimum Gasteiger partial charge on any atom is -0.508 e. The summed E-state index contributed by atoms with van der Waals surface area (Å²) in [7, 11) is 0. The molecular weight excluding hydrogens is 382 g/mol. The van der Waals surface area contributed by atoms with Crippen LogP contribution >= 0.6 is 11.3 Å². The van der Waals surface area contributed by atoms with Crippen molar-refractivity contribution in [1.82, 2.24) is 5.32 Å². The second kappa shape index (κ2) is 8.23. The van der Waals surface area contributed by atoms with Crippen LogP contribution in [0.25, 0.3) is 11.0 Å². The number of benzene rings is 2. The van der Waals surface area contributed by atoms with Crippen LogP contribution in [-0.2, 0) is 13.0 Å². The fourth-order valence-electron chi connectivity index (χ4n) is 3.55. The molecule has 4 nitrogen and oxygen atoms in total. The van der Waals surface area contributed by atoms with Crippen molar-refractivity contribution >= 4 is 22.3 Å². The van der Waals surface area contributed by atoms with E-state index in [1.807, 2.05) is 19.1 Å². The third-order valence-corrected chi connectivity index (χ3v) is 6.08. The molecule has 2 aromatic carbocycles. The Morgan fingerprint density at radius 1 is 1.10 bits per heavy atom. The molecule has 4 rings (SSSR count). The molecule has 2 N–H and O–H groups in total. The van der Waals surface area contributed by atoms with E-state index >= 15 is 0 Å². The number of fused-ring (bicyclic) bond motifs is 1. The lowest BCUT2D eigenvalue weighted by atomic mass is 10.0. The largest absolute Gasteiger partial charge is 0.508 e. The molecule has 0 aliphatic heterocycles. The van der Waals surface area contributed by atoms with E-state index in [2.05, 4.69) is 48.0 Å². The number of hydrogen-bond donors (Lipinski definition) is 2. The molecule has 0 aliphatic carbocycles. The van der Waals surface area contributed by atoms with Crippen LogP contribution in [0.3, 0.4) is 0 Å². The van der Waals surface area contributed by atoms with E-state index in [-0.39, 0.29) is 11.8 Å². The average Bonchev–Trinajstić information content (AvgIpc) is 3.23. The first-order valence-electron chi connectivity index (χ1n) is 9.67.